The number of aryl methyl sites for hydroxylation is 1. The van der Waals surface area contributed by atoms with Crippen LogP contribution in [0.25, 0.3) is 10.9 Å². The summed E-state index contributed by atoms with van der Waals surface area (Å²) in [6, 6.07) is 9.95. The van der Waals surface area contributed by atoms with Crippen LogP contribution in [0.4, 0.5) is 5.13 Å². The third-order valence-electron chi connectivity index (χ3n) is 5.46. The highest BCUT2D eigenvalue weighted by Crippen LogP contribution is 2.24. The zero-order chi connectivity index (χ0) is 20.9. The molecule has 4 rings (SSSR count). The topological polar surface area (TPSA) is 91.0 Å². The van der Waals surface area contributed by atoms with Gasteiger partial charge in [0, 0.05) is 47.3 Å². The Morgan fingerprint density at radius 3 is 3.00 bits per heavy atom. The molecule has 7 nitrogen and oxygen atoms in total. The van der Waals surface area contributed by atoms with Gasteiger partial charge in [0.2, 0.25) is 5.91 Å². The second kappa shape index (κ2) is 9.20. The van der Waals surface area contributed by atoms with Crippen molar-refractivity contribution in [2.75, 3.05) is 25.0 Å². The van der Waals surface area contributed by atoms with Crippen LogP contribution in [-0.4, -0.2) is 45.8 Å². The van der Waals surface area contributed by atoms with Gasteiger partial charge in [0.25, 0.3) is 0 Å². The first-order valence-corrected chi connectivity index (χ1v) is 10.9. The molecule has 1 saturated heterocycles. The van der Waals surface area contributed by atoms with Crippen molar-refractivity contribution in [3.8, 4) is 6.07 Å². The maximum atomic E-state index is 13.1. The molecular weight excluding hydrogens is 398 g/mol. The summed E-state index contributed by atoms with van der Waals surface area (Å²) in [7, 11) is 0. The number of thiazole rings is 1. The summed E-state index contributed by atoms with van der Waals surface area (Å²) in [6.07, 6.45) is 5.62. The van der Waals surface area contributed by atoms with Gasteiger partial charge in [0.1, 0.15) is 0 Å². The molecular formula is C22H23N5O2S. The smallest absolute Gasteiger partial charge is 0.230 e. The Hall–Kier alpha value is -3.02. The van der Waals surface area contributed by atoms with Gasteiger partial charge in [-0.3, -0.25) is 14.5 Å². The number of rotatable bonds is 7. The lowest BCUT2D eigenvalue weighted by molar-refractivity contribution is -0.121. The van der Waals surface area contributed by atoms with Crippen molar-refractivity contribution >= 4 is 39.1 Å². The standard InChI is InChI=1S/C22H23N5O2S/c23-8-4-11-27-14-18(17-6-1-2-7-19(17)27)20(28)15-26-10-3-5-16(13-26)21(29)25-22-24-9-12-30-22/h1-2,6-7,9,12,14,16H,3-5,10-11,13,15H2,(H,24,25,29). The number of carbonyl (C=O) groups is 2. The summed E-state index contributed by atoms with van der Waals surface area (Å²) in [5, 5.41) is 15.1. The van der Waals surface area contributed by atoms with Gasteiger partial charge in [0.05, 0.1) is 25.0 Å². The van der Waals surface area contributed by atoms with Crippen molar-refractivity contribution in [2.45, 2.75) is 25.8 Å². The number of para-hydroxylation sites is 1. The number of nitriles is 1. The first-order chi connectivity index (χ1) is 14.7. The number of amides is 1. The van der Waals surface area contributed by atoms with E-state index in [9.17, 15) is 9.59 Å². The van der Waals surface area contributed by atoms with E-state index in [0.717, 1.165) is 30.3 Å². The number of piperidine rings is 1. The number of benzene rings is 1. The lowest BCUT2D eigenvalue weighted by Gasteiger charge is -2.31. The Bertz CT molecular complexity index is 1080. The zero-order valence-electron chi connectivity index (χ0n) is 16.6. The first-order valence-electron chi connectivity index (χ1n) is 10.1. The number of anilines is 1. The highest BCUT2D eigenvalue weighted by molar-refractivity contribution is 7.13. The fourth-order valence-corrected chi connectivity index (χ4v) is 4.55. The zero-order valence-corrected chi connectivity index (χ0v) is 17.4. The molecule has 2 aromatic heterocycles. The van der Waals surface area contributed by atoms with E-state index in [0.29, 0.717) is 30.2 Å². The van der Waals surface area contributed by atoms with Crippen LogP contribution in [0.3, 0.4) is 0 Å². The van der Waals surface area contributed by atoms with Gasteiger partial charge in [-0.25, -0.2) is 4.98 Å². The number of fused-ring (bicyclic) bond motifs is 1. The maximum Gasteiger partial charge on any atom is 0.230 e. The monoisotopic (exact) mass is 421 g/mol. The van der Waals surface area contributed by atoms with Gasteiger partial charge in [-0.05, 0) is 25.5 Å². The van der Waals surface area contributed by atoms with Crippen LogP contribution in [0.1, 0.15) is 29.6 Å². The van der Waals surface area contributed by atoms with Crippen molar-refractivity contribution in [3.63, 3.8) is 0 Å². The van der Waals surface area contributed by atoms with E-state index in [2.05, 4.69) is 21.3 Å². The minimum absolute atomic E-state index is 0.0322. The van der Waals surface area contributed by atoms with Gasteiger partial charge in [-0.15, -0.1) is 11.3 Å². The average molecular weight is 422 g/mol. The van der Waals surface area contributed by atoms with E-state index >= 15 is 0 Å². The number of nitrogens with zero attached hydrogens (tertiary/aromatic N) is 4. The minimum Gasteiger partial charge on any atom is -0.346 e. The minimum atomic E-state index is -0.146. The molecule has 8 heteroatoms. The number of carbonyl (C=O) groups excluding carboxylic acids is 2. The van der Waals surface area contributed by atoms with Gasteiger partial charge < -0.3 is 9.88 Å². The SMILES string of the molecule is N#CCCn1cc(C(=O)CN2CCCC(C(=O)Nc3nccs3)C2)c2ccccc21. The molecule has 1 aliphatic heterocycles. The van der Waals surface area contributed by atoms with E-state index in [1.807, 2.05) is 40.4 Å². The van der Waals surface area contributed by atoms with Crippen LogP contribution in [-0.2, 0) is 11.3 Å². The molecule has 0 aliphatic carbocycles. The van der Waals surface area contributed by atoms with Gasteiger partial charge in [-0.1, -0.05) is 18.2 Å². The normalized spacial score (nSPS) is 17.0. The number of ketones is 1. The van der Waals surface area contributed by atoms with Gasteiger partial charge in [-0.2, -0.15) is 5.26 Å². The molecule has 1 fully saturated rings. The molecule has 1 aromatic carbocycles. The molecule has 1 amide bonds. The maximum absolute atomic E-state index is 13.1. The molecule has 30 heavy (non-hydrogen) atoms. The number of likely N-dealkylation sites (tertiary alicyclic amines) is 1. The second-order valence-electron chi connectivity index (χ2n) is 7.49. The van der Waals surface area contributed by atoms with Crippen molar-refractivity contribution in [1.29, 1.82) is 5.26 Å². The van der Waals surface area contributed by atoms with E-state index in [-0.39, 0.29) is 24.2 Å². The molecule has 1 N–H and O–H groups in total. The molecule has 1 atom stereocenters. The van der Waals surface area contributed by atoms with E-state index in [1.165, 1.54) is 11.3 Å². The van der Waals surface area contributed by atoms with Gasteiger partial charge in [0.15, 0.2) is 10.9 Å². The van der Waals surface area contributed by atoms with Crippen LogP contribution in [0.5, 0.6) is 0 Å². The number of aromatic nitrogens is 2. The largest absolute Gasteiger partial charge is 0.346 e. The van der Waals surface area contributed by atoms with Crippen molar-refractivity contribution in [2.24, 2.45) is 5.92 Å². The molecule has 154 valence electrons. The first kappa shape index (κ1) is 20.3. The number of hydrogen-bond donors (Lipinski definition) is 1. The van der Waals surface area contributed by atoms with E-state index in [4.69, 9.17) is 5.26 Å². The number of nitrogens with one attached hydrogen (secondary N) is 1. The summed E-state index contributed by atoms with van der Waals surface area (Å²) >= 11 is 1.40. The molecule has 0 bridgehead atoms. The Labute approximate surface area is 178 Å². The van der Waals surface area contributed by atoms with Crippen LogP contribution < -0.4 is 5.32 Å². The average Bonchev–Trinajstić information content (AvgIpc) is 3.40. The molecule has 3 aromatic rings. The number of Topliss-reactive ketones (excluding diaryl/α,β-unsaturated/α-hetero) is 1. The summed E-state index contributed by atoms with van der Waals surface area (Å²) in [6.45, 7) is 2.22. The Balaban J connectivity index is 1.44. The predicted molar refractivity (Wildman–Crippen MR) is 116 cm³/mol. The lowest BCUT2D eigenvalue weighted by atomic mass is 9.96. The Kier molecular flexibility index (Phi) is 6.21. The van der Waals surface area contributed by atoms with Crippen molar-refractivity contribution in [3.05, 3.63) is 47.6 Å². The molecule has 3 heterocycles. The molecule has 0 radical (unpaired) electrons. The highest BCUT2D eigenvalue weighted by Gasteiger charge is 2.28. The van der Waals surface area contributed by atoms with Crippen molar-refractivity contribution in [1.82, 2.24) is 14.5 Å². The Morgan fingerprint density at radius 2 is 2.20 bits per heavy atom. The highest BCUT2D eigenvalue weighted by atomic mass is 32.1. The summed E-state index contributed by atoms with van der Waals surface area (Å²) in [4.78, 5) is 31.9. The summed E-state index contributed by atoms with van der Waals surface area (Å²) in [5.41, 5.74) is 1.65. The third-order valence-corrected chi connectivity index (χ3v) is 6.15. The second-order valence-corrected chi connectivity index (χ2v) is 8.38. The summed E-state index contributed by atoms with van der Waals surface area (Å²) in [5.74, 6) is -0.134. The lowest BCUT2D eigenvalue weighted by Crippen LogP contribution is -2.42. The Morgan fingerprint density at radius 1 is 1.33 bits per heavy atom. The van der Waals surface area contributed by atoms with Crippen molar-refractivity contribution < 1.29 is 9.59 Å². The van der Waals surface area contributed by atoms with Crippen LogP contribution in [0.2, 0.25) is 0 Å². The van der Waals surface area contributed by atoms with Crippen LogP contribution >= 0.6 is 11.3 Å². The summed E-state index contributed by atoms with van der Waals surface area (Å²) < 4.78 is 1.98. The fraction of sp³-hybridized carbons (Fsp3) is 0.364. The van der Waals surface area contributed by atoms with E-state index < -0.39 is 0 Å². The van der Waals surface area contributed by atoms with E-state index in [1.54, 1.807) is 6.20 Å². The van der Waals surface area contributed by atoms with Crippen LogP contribution in [0.15, 0.2) is 42.0 Å². The molecule has 1 aliphatic rings. The third kappa shape index (κ3) is 4.42. The fourth-order valence-electron chi connectivity index (χ4n) is 4.02. The van der Waals surface area contributed by atoms with Gasteiger partial charge >= 0.3 is 0 Å². The molecule has 0 spiro atoms. The predicted octanol–water partition coefficient (Wildman–Crippen LogP) is 3.54. The quantitative estimate of drug-likeness (QED) is 0.589. The molecule has 1 unspecified atom stereocenters. The van der Waals surface area contributed by atoms with Crippen LogP contribution in [0, 0.1) is 17.2 Å². The number of hydrogen-bond acceptors (Lipinski definition) is 6. The molecule has 0 saturated carbocycles.